The molecule has 1 atom stereocenters. The summed E-state index contributed by atoms with van der Waals surface area (Å²) >= 11 is 11.9. The second kappa shape index (κ2) is 11.3. The zero-order chi connectivity index (χ0) is 25.0. The maximum absolute atomic E-state index is 13.4. The normalized spacial score (nSPS) is 15.7. The van der Waals surface area contributed by atoms with Gasteiger partial charge in [-0.15, -0.1) is 0 Å². The number of hydrogen-bond acceptors (Lipinski definition) is 5. The largest absolute Gasteiger partial charge is 0.457 e. The average molecular weight is 501 g/mol. The Hall–Kier alpha value is -2.47. The SMILES string of the molecule is Cc1ccc(-c2c(CN)c(CC(C)C)nc(C)c2C(=O)OCC2=C(Cl)CC(C(=O)Cl)C=C2)cc1. The van der Waals surface area contributed by atoms with Crippen molar-refractivity contribution in [2.45, 2.75) is 47.1 Å². The lowest BCUT2D eigenvalue weighted by atomic mass is 9.89. The van der Waals surface area contributed by atoms with Gasteiger partial charge in [0.05, 0.1) is 17.2 Å². The fourth-order valence-electron chi connectivity index (χ4n) is 4.08. The number of nitrogens with zero attached hydrogens (tertiary/aromatic N) is 1. The number of halogens is 2. The Bertz CT molecular complexity index is 1150. The van der Waals surface area contributed by atoms with Crippen molar-refractivity contribution in [1.82, 2.24) is 4.98 Å². The van der Waals surface area contributed by atoms with Gasteiger partial charge in [0.1, 0.15) is 6.61 Å². The average Bonchev–Trinajstić information content (AvgIpc) is 2.77. The molecule has 0 spiro atoms. The summed E-state index contributed by atoms with van der Waals surface area (Å²) in [6.45, 7) is 8.33. The van der Waals surface area contributed by atoms with Crippen molar-refractivity contribution in [2.24, 2.45) is 17.6 Å². The highest BCUT2D eigenvalue weighted by atomic mass is 35.5. The standard InChI is InChI=1S/C27H30Cl2N2O3/c1-15(2)11-23-21(13-30)25(18-7-5-16(3)6-8-18)24(17(4)31-23)27(33)34-14-20-10-9-19(26(29)32)12-22(20)28/h5-10,15,19H,11-14,30H2,1-4H3. The highest BCUT2D eigenvalue weighted by Gasteiger charge is 2.26. The molecule has 1 heterocycles. The predicted octanol–water partition coefficient (Wildman–Crippen LogP) is 6.01. The third-order valence-electron chi connectivity index (χ3n) is 5.84. The van der Waals surface area contributed by atoms with Crippen LogP contribution in [-0.2, 0) is 22.5 Å². The molecule has 0 saturated heterocycles. The highest BCUT2D eigenvalue weighted by Crippen LogP contribution is 2.34. The molecule has 180 valence electrons. The minimum atomic E-state index is -0.493. The van der Waals surface area contributed by atoms with Gasteiger partial charge in [-0.1, -0.05) is 67.4 Å². The van der Waals surface area contributed by atoms with Crippen molar-refractivity contribution in [3.8, 4) is 11.1 Å². The van der Waals surface area contributed by atoms with Crippen LogP contribution in [0, 0.1) is 25.7 Å². The summed E-state index contributed by atoms with van der Waals surface area (Å²) in [6, 6.07) is 8.00. The third-order valence-corrected chi connectivity index (χ3v) is 6.52. The molecule has 2 N–H and O–H groups in total. The minimum Gasteiger partial charge on any atom is -0.457 e. The van der Waals surface area contributed by atoms with Gasteiger partial charge in [-0.05, 0) is 55.3 Å². The number of pyridine rings is 1. The lowest BCUT2D eigenvalue weighted by molar-refractivity contribution is -0.113. The van der Waals surface area contributed by atoms with Gasteiger partial charge in [0.25, 0.3) is 0 Å². The van der Waals surface area contributed by atoms with E-state index in [1.54, 1.807) is 12.2 Å². The number of carbonyl (C=O) groups excluding carboxylic acids is 2. The maximum Gasteiger partial charge on any atom is 0.340 e. The molecule has 1 aliphatic rings. The lowest BCUT2D eigenvalue weighted by Crippen LogP contribution is -2.18. The molecule has 5 nitrogen and oxygen atoms in total. The summed E-state index contributed by atoms with van der Waals surface area (Å²) in [5, 5.41) is -0.0106. The van der Waals surface area contributed by atoms with Gasteiger partial charge in [0.15, 0.2) is 0 Å². The number of ether oxygens (including phenoxy) is 1. The Morgan fingerprint density at radius 1 is 1.21 bits per heavy atom. The van der Waals surface area contributed by atoms with Gasteiger partial charge in [0, 0.05) is 28.4 Å². The van der Waals surface area contributed by atoms with Crippen LogP contribution in [-0.4, -0.2) is 22.8 Å². The first-order valence-corrected chi connectivity index (χ1v) is 12.1. The third kappa shape index (κ3) is 5.96. The Balaban J connectivity index is 2.00. The molecule has 0 fully saturated rings. The van der Waals surface area contributed by atoms with Crippen LogP contribution >= 0.6 is 23.2 Å². The first-order valence-electron chi connectivity index (χ1n) is 11.3. The van der Waals surface area contributed by atoms with E-state index in [0.29, 0.717) is 34.2 Å². The smallest absolute Gasteiger partial charge is 0.340 e. The van der Waals surface area contributed by atoms with E-state index in [1.165, 1.54) is 0 Å². The summed E-state index contributed by atoms with van der Waals surface area (Å²) in [5.74, 6) is -0.571. The van der Waals surface area contributed by atoms with Crippen LogP contribution in [0.2, 0.25) is 0 Å². The number of carbonyl (C=O) groups is 2. The molecule has 34 heavy (non-hydrogen) atoms. The monoisotopic (exact) mass is 500 g/mol. The van der Waals surface area contributed by atoms with Crippen LogP contribution in [0.15, 0.2) is 47.0 Å². The number of rotatable bonds is 8. The first kappa shape index (κ1) is 26.1. The van der Waals surface area contributed by atoms with Crippen molar-refractivity contribution in [1.29, 1.82) is 0 Å². The fourth-order valence-corrected chi connectivity index (χ4v) is 4.51. The topological polar surface area (TPSA) is 82.3 Å². The van der Waals surface area contributed by atoms with Crippen LogP contribution in [0.25, 0.3) is 11.1 Å². The molecular weight excluding hydrogens is 471 g/mol. The molecular formula is C27H30Cl2N2O3. The van der Waals surface area contributed by atoms with Crippen molar-refractivity contribution in [3.05, 3.63) is 75.1 Å². The molecule has 0 amide bonds. The van der Waals surface area contributed by atoms with Crippen molar-refractivity contribution >= 4 is 34.4 Å². The summed E-state index contributed by atoms with van der Waals surface area (Å²) < 4.78 is 5.69. The van der Waals surface area contributed by atoms with E-state index >= 15 is 0 Å². The number of hydrogen-bond donors (Lipinski definition) is 1. The van der Waals surface area contributed by atoms with E-state index < -0.39 is 17.1 Å². The van der Waals surface area contributed by atoms with Crippen LogP contribution in [0.4, 0.5) is 0 Å². The molecule has 2 aromatic rings. The molecule has 0 radical (unpaired) electrons. The van der Waals surface area contributed by atoms with Gasteiger partial charge >= 0.3 is 5.97 Å². The minimum absolute atomic E-state index is 0.0180. The second-order valence-corrected chi connectivity index (χ2v) is 9.85. The summed E-state index contributed by atoms with van der Waals surface area (Å²) in [4.78, 5) is 29.6. The fraction of sp³-hybridized carbons (Fsp3) is 0.370. The second-order valence-electron chi connectivity index (χ2n) is 9.02. The van der Waals surface area contributed by atoms with E-state index in [-0.39, 0.29) is 13.2 Å². The molecule has 3 rings (SSSR count). The van der Waals surface area contributed by atoms with Crippen LogP contribution < -0.4 is 5.73 Å². The molecule has 1 aliphatic carbocycles. The predicted molar refractivity (Wildman–Crippen MR) is 137 cm³/mol. The number of nitrogens with two attached hydrogens (primary N) is 1. The number of benzene rings is 1. The Morgan fingerprint density at radius 2 is 1.88 bits per heavy atom. The van der Waals surface area contributed by atoms with Crippen molar-refractivity contribution in [2.75, 3.05) is 6.61 Å². The van der Waals surface area contributed by atoms with Crippen LogP contribution in [0.3, 0.4) is 0 Å². The number of aromatic nitrogens is 1. The van der Waals surface area contributed by atoms with Crippen molar-refractivity contribution in [3.63, 3.8) is 0 Å². The van der Waals surface area contributed by atoms with E-state index in [1.807, 2.05) is 38.1 Å². The Morgan fingerprint density at radius 3 is 2.44 bits per heavy atom. The first-order chi connectivity index (χ1) is 16.1. The van der Waals surface area contributed by atoms with Gasteiger partial charge in [-0.3, -0.25) is 9.78 Å². The lowest BCUT2D eigenvalue weighted by Gasteiger charge is -2.21. The quantitative estimate of drug-likeness (QED) is 0.354. The summed E-state index contributed by atoms with van der Waals surface area (Å²) in [5.41, 5.74) is 12.4. The Kier molecular flexibility index (Phi) is 8.69. The Labute approximate surface area is 211 Å². The summed E-state index contributed by atoms with van der Waals surface area (Å²) in [7, 11) is 0. The van der Waals surface area contributed by atoms with E-state index in [9.17, 15) is 9.59 Å². The molecule has 0 bridgehead atoms. The molecule has 1 unspecified atom stereocenters. The maximum atomic E-state index is 13.4. The molecule has 1 aromatic carbocycles. The molecule has 0 saturated carbocycles. The van der Waals surface area contributed by atoms with Gasteiger partial charge in [-0.25, -0.2) is 4.79 Å². The van der Waals surface area contributed by atoms with E-state index in [4.69, 9.17) is 38.7 Å². The number of allylic oxidation sites excluding steroid dienone is 2. The molecule has 0 aliphatic heterocycles. The number of aryl methyl sites for hydroxylation is 2. The van der Waals surface area contributed by atoms with Gasteiger partial charge < -0.3 is 10.5 Å². The highest BCUT2D eigenvalue weighted by molar-refractivity contribution is 6.64. The van der Waals surface area contributed by atoms with Crippen LogP contribution in [0.1, 0.15) is 53.1 Å². The van der Waals surface area contributed by atoms with Crippen LogP contribution in [0.5, 0.6) is 0 Å². The van der Waals surface area contributed by atoms with Crippen molar-refractivity contribution < 1.29 is 14.3 Å². The van der Waals surface area contributed by atoms with Gasteiger partial charge in [-0.2, -0.15) is 0 Å². The zero-order valence-corrected chi connectivity index (χ0v) is 21.5. The molecule has 1 aromatic heterocycles. The number of esters is 1. The van der Waals surface area contributed by atoms with E-state index in [0.717, 1.165) is 34.4 Å². The zero-order valence-electron chi connectivity index (χ0n) is 20.0. The van der Waals surface area contributed by atoms with E-state index in [2.05, 4.69) is 13.8 Å². The molecule has 7 heteroatoms. The summed E-state index contributed by atoms with van der Waals surface area (Å²) in [6.07, 6.45) is 4.42. The van der Waals surface area contributed by atoms with Gasteiger partial charge in [0.2, 0.25) is 5.24 Å².